The number of hydrazine groups is 1. The van der Waals surface area contributed by atoms with Gasteiger partial charge in [0.15, 0.2) is 0 Å². The average molecular weight is 298 g/mol. The van der Waals surface area contributed by atoms with Crippen LogP contribution in [0.25, 0.3) is 0 Å². The normalized spacial score (nSPS) is 12.7. The lowest BCUT2D eigenvalue weighted by Gasteiger charge is -2.18. The highest BCUT2D eigenvalue weighted by Gasteiger charge is 2.21. The largest absolute Gasteiger partial charge is 0.253 e. The smallest absolute Gasteiger partial charge is 0.241 e. The summed E-state index contributed by atoms with van der Waals surface area (Å²) in [6.07, 6.45) is 0. The van der Waals surface area contributed by atoms with E-state index in [0.29, 0.717) is 10.8 Å². The summed E-state index contributed by atoms with van der Waals surface area (Å²) >= 11 is 0. The van der Waals surface area contributed by atoms with E-state index in [4.69, 9.17) is 0 Å². The highest BCUT2D eigenvalue weighted by atomic mass is 32.2. The number of benzene rings is 1. The lowest BCUT2D eigenvalue weighted by atomic mass is 9.96. The van der Waals surface area contributed by atoms with E-state index in [1.54, 1.807) is 6.07 Å². The molecule has 0 unspecified atom stereocenters. The summed E-state index contributed by atoms with van der Waals surface area (Å²) in [6.45, 7) is 12.0. The Bertz CT molecular complexity index is 549. The third-order valence-electron chi connectivity index (χ3n) is 3.09. The predicted molar refractivity (Wildman–Crippen MR) is 83.2 cm³/mol. The molecule has 20 heavy (non-hydrogen) atoms. The van der Waals surface area contributed by atoms with Crippen molar-refractivity contribution in [1.29, 1.82) is 0 Å². The van der Waals surface area contributed by atoms with Crippen LogP contribution in [0.4, 0.5) is 0 Å². The van der Waals surface area contributed by atoms with E-state index in [1.807, 2.05) is 39.8 Å². The summed E-state index contributed by atoms with van der Waals surface area (Å²) in [7, 11) is -3.53. The van der Waals surface area contributed by atoms with E-state index >= 15 is 0 Å². The Morgan fingerprint density at radius 2 is 1.55 bits per heavy atom. The van der Waals surface area contributed by atoms with Crippen LogP contribution in [0.15, 0.2) is 23.1 Å². The minimum Gasteiger partial charge on any atom is -0.241 e. The van der Waals surface area contributed by atoms with E-state index in [0.717, 1.165) is 11.1 Å². The summed E-state index contributed by atoms with van der Waals surface area (Å²) in [5.74, 6) is 0.533. The Labute approximate surface area is 123 Å². The van der Waals surface area contributed by atoms with Crippen molar-refractivity contribution < 1.29 is 8.42 Å². The number of nitrogens with one attached hydrogen (secondary N) is 2. The maximum Gasteiger partial charge on any atom is 0.253 e. The molecule has 4 nitrogen and oxygen atoms in total. The highest BCUT2D eigenvalue weighted by molar-refractivity contribution is 7.89. The van der Waals surface area contributed by atoms with Crippen LogP contribution in [0.2, 0.25) is 0 Å². The molecule has 0 aliphatic heterocycles. The molecule has 0 saturated heterocycles. The second kappa shape index (κ2) is 6.70. The predicted octanol–water partition coefficient (Wildman–Crippen LogP) is 3.12. The summed E-state index contributed by atoms with van der Waals surface area (Å²) in [5, 5.41) is 0. The standard InChI is InChI=1S/C15H26N2O2S/c1-10(2)13-7-8-15(14(9-13)11(3)4)20(18,19)17-16-12(5)6/h7-12,16-17H,1-6H3. The van der Waals surface area contributed by atoms with Crippen LogP contribution in [0.5, 0.6) is 0 Å². The molecule has 114 valence electrons. The minimum atomic E-state index is -3.53. The van der Waals surface area contributed by atoms with Crippen molar-refractivity contribution in [2.24, 2.45) is 0 Å². The molecule has 0 amide bonds. The van der Waals surface area contributed by atoms with Crippen LogP contribution in [0, 0.1) is 0 Å². The quantitative estimate of drug-likeness (QED) is 0.793. The van der Waals surface area contributed by atoms with Gasteiger partial charge < -0.3 is 0 Å². The van der Waals surface area contributed by atoms with Crippen molar-refractivity contribution in [3.63, 3.8) is 0 Å². The fourth-order valence-electron chi connectivity index (χ4n) is 1.87. The highest BCUT2D eigenvalue weighted by Crippen LogP contribution is 2.27. The molecule has 0 spiro atoms. The first kappa shape index (κ1) is 17.1. The zero-order valence-electron chi connectivity index (χ0n) is 13.2. The van der Waals surface area contributed by atoms with Crippen LogP contribution in [0.1, 0.15) is 64.5 Å². The first-order valence-corrected chi connectivity index (χ1v) is 8.54. The Hall–Kier alpha value is -0.910. The van der Waals surface area contributed by atoms with Gasteiger partial charge >= 0.3 is 0 Å². The molecule has 0 fully saturated rings. The van der Waals surface area contributed by atoms with Gasteiger partial charge in [-0.25, -0.2) is 13.8 Å². The fourth-order valence-corrected chi connectivity index (χ4v) is 3.23. The van der Waals surface area contributed by atoms with Gasteiger partial charge in [0.05, 0.1) is 4.90 Å². The molecular formula is C15H26N2O2S. The number of hydrogen-bond acceptors (Lipinski definition) is 3. The van der Waals surface area contributed by atoms with Gasteiger partial charge in [-0.05, 0) is 42.9 Å². The third-order valence-corrected chi connectivity index (χ3v) is 4.43. The maximum absolute atomic E-state index is 12.4. The third kappa shape index (κ3) is 4.30. The van der Waals surface area contributed by atoms with Gasteiger partial charge in [0.25, 0.3) is 10.0 Å². The Kier molecular flexibility index (Phi) is 5.74. The summed E-state index contributed by atoms with van der Waals surface area (Å²) in [5.41, 5.74) is 4.76. The Morgan fingerprint density at radius 1 is 0.950 bits per heavy atom. The summed E-state index contributed by atoms with van der Waals surface area (Å²) in [4.78, 5) is 2.79. The molecule has 0 bridgehead atoms. The second-order valence-electron chi connectivity index (χ2n) is 6.01. The topological polar surface area (TPSA) is 58.2 Å². The SMILES string of the molecule is CC(C)NNS(=O)(=O)c1ccc(C(C)C)cc1C(C)C. The molecular weight excluding hydrogens is 272 g/mol. The van der Waals surface area contributed by atoms with Crippen molar-refractivity contribution >= 4 is 10.0 Å². The fraction of sp³-hybridized carbons (Fsp3) is 0.600. The summed E-state index contributed by atoms with van der Waals surface area (Å²) < 4.78 is 24.7. The van der Waals surface area contributed by atoms with Gasteiger partial charge in [0, 0.05) is 6.04 Å². The first-order valence-electron chi connectivity index (χ1n) is 7.06. The van der Waals surface area contributed by atoms with Crippen molar-refractivity contribution in [3.8, 4) is 0 Å². The molecule has 0 aliphatic carbocycles. The lowest BCUT2D eigenvalue weighted by Crippen LogP contribution is -2.41. The molecule has 0 radical (unpaired) electrons. The van der Waals surface area contributed by atoms with Crippen LogP contribution in [0.3, 0.4) is 0 Å². The first-order chi connectivity index (χ1) is 9.15. The molecule has 2 N–H and O–H groups in total. The molecule has 0 saturated carbocycles. The van der Waals surface area contributed by atoms with E-state index < -0.39 is 10.0 Å². The average Bonchev–Trinajstić information content (AvgIpc) is 2.35. The van der Waals surface area contributed by atoms with Gasteiger partial charge in [0.1, 0.15) is 0 Å². The maximum atomic E-state index is 12.4. The molecule has 0 aromatic heterocycles. The van der Waals surface area contributed by atoms with E-state index in [2.05, 4.69) is 24.1 Å². The Morgan fingerprint density at radius 3 is 2.00 bits per heavy atom. The van der Waals surface area contributed by atoms with Crippen molar-refractivity contribution in [2.75, 3.05) is 0 Å². The van der Waals surface area contributed by atoms with Crippen molar-refractivity contribution in [3.05, 3.63) is 29.3 Å². The summed E-state index contributed by atoms with van der Waals surface area (Å²) in [6, 6.07) is 5.64. The zero-order valence-corrected chi connectivity index (χ0v) is 14.0. The molecule has 1 aromatic carbocycles. The van der Waals surface area contributed by atoms with Crippen molar-refractivity contribution in [2.45, 2.75) is 64.3 Å². The van der Waals surface area contributed by atoms with E-state index in [1.165, 1.54) is 0 Å². The molecule has 1 rings (SSSR count). The molecule has 0 atom stereocenters. The number of hydrogen-bond donors (Lipinski definition) is 2. The number of rotatable bonds is 6. The van der Waals surface area contributed by atoms with Gasteiger partial charge in [-0.3, -0.25) is 0 Å². The molecule has 0 heterocycles. The van der Waals surface area contributed by atoms with Crippen LogP contribution < -0.4 is 10.3 Å². The molecule has 1 aromatic rings. The second-order valence-corrected chi connectivity index (χ2v) is 7.66. The van der Waals surface area contributed by atoms with Crippen LogP contribution >= 0.6 is 0 Å². The van der Waals surface area contributed by atoms with Gasteiger partial charge in [-0.15, -0.1) is 4.83 Å². The van der Waals surface area contributed by atoms with Crippen LogP contribution in [-0.2, 0) is 10.0 Å². The number of sulfonamides is 1. The van der Waals surface area contributed by atoms with Crippen LogP contribution in [-0.4, -0.2) is 14.5 Å². The monoisotopic (exact) mass is 298 g/mol. The molecule has 0 aliphatic rings. The molecule has 5 heteroatoms. The van der Waals surface area contributed by atoms with Crippen molar-refractivity contribution in [1.82, 2.24) is 10.3 Å². The van der Waals surface area contributed by atoms with E-state index in [9.17, 15) is 8.42 Å². The lowest BCUT2D eigenvalue weighted by molar-refractivity contribution is 0.521. The Balaban J connectivity index is 3.23. The van der Waals surface area contributed by atoms with E-state index in [-0.39, 0.29) is 12.0 Å². The zero-order chi connectivity index (χ0) is 15.5. The minimum absolute atomic E-state index is 0.0437. The van der Waals surface area contributed by atoms with Gasteiger partial charge in [-0.2, -0.15) is 0 Å². The van der Waals surface area contributed by atoms with Gasteiger partial charge in [-0.1, -0.05) is 39.8 Å². The van der Waals surface area contributed by atoms with Gasteiger partial charge in [0.2, 0.25) is 0 Å².